The molecule has 0 saturated carbocycles. The predicted molar refractivity (Wildman–Crippen MR) is 91.5 cm³/mol. The normalized spacial score (nSPS) is 12.8. The van der Waals surface area contributed by atoms with Crippen molar-refractivity contribution in [1.29, 1.82) is 0 Å². The van der Waals surface area contributed by atoms with Crippen molar-refractivity contribution >= 4 is 15.9 Å². The molecular weight excluding hydrogens is 326 g/mol. The van der Waals surface area contributed by atoms with Gasteiger partial charge in [0.05, 0.1) is 22.4 Å². The van der Waals surface area contributed by atoms with Crippen LogP contribution in [0.2, 0.25) is 0 Å². The third-order valence-electron chi connectivity index (χ3n) is 3.76. The number of benzene rings is 1. The quantitative estimate of drug-likeness (QED) is 0.796. The molecule has 21 heavy (non-hydrogen) atoms. The molecular formula is C17H24BrN3. The van der Waals surface area contributed by atoms with Crippen LogP contribution in [0.3, 0.4) is 0 Å². The molecule has 2 aromatic rings. The van der Waals surface area contributed by atoms with E-state index < -0.39 is 0 Å². The van der Waals surface area contributed by atoms with Gasteiger partial charge in [0.1, 0.15) is 0 Å². The summed E-state index contributed by atoms with van der Waals surface area (Å²) in [6.45, 7) is 4.33. The van der Waals surface area contributed by atoms with Crippen molar-refractivity contribution in [3.05, 3.63) is 52.3 Å². The van der Waals surface area contributed by atoms with Crippen LogP contribution in [0, 0.1) is 0 Å². The Hall–Kier alpha value is -1.13. The van der Waals surface area contributed by atoms with Crippen LogP contribution in [-0.4, -0.2) is 16.8 Å². The minimum Gasteiger partial charge on any atom is -0.312 e. The Bertz CT molecular complexity index is 548. The van der Waals surface area contributed by atoms with Crippen molar-refractivity contribution < 1.29 is 0 Å². The number of nitrogens with zero attached hydrogens (tertiary/aromatic N) is 2. The summed E-state index contributed by atoms with van der Waals surface area (Å²) in [5.74, 6) is 0. The van der Waals surface area contributed by atoms with Gasteiger partial charge in [-0.3, -0.25) is 4.68 Å². The van der Waals surface area contributed by atoms with Crippen LogP contribution in [0.25, 0.3) is 0 Å². The molecule has 1 unspecified atom stereocenters. The van der Waals surface area contributed by atoms with Gasteiger partial charge in [-0.1, -0.05) is 30.3 Å². The summed E-state index contributed by atoms with van der Waals surface area (Å²) in [7, 11) is 2.03. The lowest BCUT2D eigenvalue weighted by Crippen LogP contribution is -2.22. The summed E-state index contributed by atoms with van der Waals surface area (Å²) >= 11 is 3.64. The first-order valence-electron chi connectivity index (χ1n) is 7.57. The van der Waals surface area contributed by atoms with Gasteiger partial charge in [0.15, 0.2) is 0 Å². The number of hydrogen-bond donors (Lipinski definition) is 1. The van der Waals surface area contributed by atoms with Gasteiger partial charge in [-0.05, 0) is 61.7 Å². The van der Waals surface area contributed by atoms with Gasteiger partial charge in [0.2, 0.25) is 0 Å². The summed E-state index contributed by atoms with van der Waals surface area (Å²) in [6, 6.07) is 11.4. The number of nitrogens with one attached hydrogen (secondary N) is 1. The van der Waals surface area contributed by atoms with Crippen molar-refractivity contribution in [2.45, 2.75) is 45.2 Å². The lowest BCUT2D eigenvalue weighted by atomic mass is 10.0. The second-order valence-electron chi connectivity index (χ2n) is 5.64. The fourth-order valence-corrected chi connectivity index (χ4v) is 3.21. The van der Waals surface area contributed by atoms with Gasteiger partial charge >= 0.3 is 0 Å². The molecule has 1 atom stereocenters. The lowest BCUT2D eigenvalue weighted by molar-refractivity contribution is 0.438. The average molecular weight is 350 g/mol. The molecule has 1 N–H and O–H groups in total. The maximum Gasteiger partial charge on any atom is 0.0698 e. The molecule has 0 spiro atoms. The van der Waals surface area contributed by atoms with Gasteiger partial charge < -0.3 is 5.32 Å². The van der Waals surface area contributed by atoms with E-state index in [9.17, 15) is 0 Å². The summed E-state index contributed by atoms with van der Waals surface area (Å²) in [5.41, 5.74) is 2.66. The Labute approximate surface area is 135 Å². The zero-order valence-corrected chi connectivity index (χ0v) is 14.6. The Morgan fingerprint density at radius 3 is 2.57 bits per heavy atom. The molecule has 1 heterocycles. The van der Waals surface area contributed by atoms with Crippen LogP contribution in [0.4, 0.5) is 0 Å². The van der Waals surface area contributed by atoms with E-state index in [1.165, 1.54) is 11.3 Å². The molecule has 0 aliphatic carbocycles. The van der Waals surface area contributed by atoms with Crippen LogP contribution in [0.15, 0.2) is 41.0 Å². The van der Waals surface area contributed by atoms with E-state index in [4.69, 9.17) is 0 Å². The van der Waals surface area contributed by atoms with Gasteiger partial charge in [-0.15, -0.1) is 0 Å². The molecule has 1 aromatic carbocycles. The molecule has 114 valence electrons. The van der Waals surface area contributed by atoms with E-state index in [-0.39, 0.29) is 0 Å². The monoisotopic (exact) mass is 349 g/mol. The Morgan fingerprint density at radius 2 is 1.95 bits per heavy atom. The van der Waals surface area contributed by atoms with E-state index in [1.807, 2.05) is 13.2 Å². The molecule has 0 amide bonds. The third kappa shape index (κ3) is 4.17. The third-order valence-corrected chi connectivity index (χ3v) is 4.37. The molecule has 1 aromatic heterocycles. The Morgan fingerprint density at radius 1 is 1.24 bits per heavy atom. The molecule has 0 fully saturated rings. The number of rotatable bonds is 7. The van der Waals surface area contributed by atoms with Crippen LogP contribution < -0.4 is 5.32 Å². The van der Waals surface area contributed by atoms with Crippen molar-refractivity contribution in [1.82, 2.24) is 15.1 Å². The second kappa shape index (κ2) is 7.76. The summed E-state index contributed by atoms with van der Waals surface area (Å²) in [5, 5.41) is 7.92. The molecule has 0 aliphatic rings. The van der Waals surface area contributed by atoms with Crippen LogP contribution in [-0.2, 0) is 6.42 Å². The highest BCUT2D eigenvalue weighted by molar-refractivity contribution is 9.10. The SMILES string of the molecule is CNC(CCCc1ccccc1)c1c(Br)cnn1C(C)C. The molecule has 0 radical (unpaired) electrons. The second-order valence-corrected chi connectivity index (χ2v) is 6.49. The van der Waals surface area contributed by atoms with Crippen molar-refractivity contribution in [2.75, 3.05) is 7.05 Å². The fourth-order valence-electron chi connectivity index (χ4n) is 2.66. The lowest BCUT2D eigenvalue weighted by Gasteiger charge is -2.20. The van der Waals surface area contributed by atoms with Gasteiger partial charge in [-0.2, -0.15) is 5.10 Å². The van der Waals surface area contributed by atoms with Crippen LogP contribution in [0.1, 0.15) is 50.0 Å². The first-order chi connectivity index (χ1) is 10.1. The minimum atomic E-state index is 0.327. The van der Waals surface area contributed by atoms with Crippen LogP contribution >= 0.6 is 15.9 Å². The average Bonchev–Trinajstić information content (AvgIpc) is 2.87. The first kappa shape index (κ1) is 16.2. The molecule has 0 bridgehead atoms. The summed E-state index contributed by atoms with van der Waals surface area (Å²) in [6.07, 6.45) is 5.27. The number of halogens is 1. The zero-order valence-electron chi connectivity index (χ0n) is 13.0. The van der Waals surface area contributed by atoms with E-state index in [1.54, 1.807) is 0 Å². The molecule has 3 nitrogen and oxygen atoms in total. The number of aromatic nitrogens is 2. The van der Waals surface area contributed by atoms with Crippen molar-refractivity contribution in [2.24, 2.45) is 0 Å². The Kier molecular flexibility index (Phi) is 6.00. The largest absolute Gasteiger partial charge is 0.312 e. The van der Waals surface area contributed by atoms with Gasteiger partial charge in [0.25, 0.3) is 0 Å². The smallest absolute Gasteiger partial charge is 0.0698 e. The molecule has 0 aliphatic heterocycles. The summed E-state index contributed by atoms with van der Waals surface area (Å²) < 4.78 is 3.20. The molecule has 4 heteroatoms. The Balaban J connectivity index is 2.02. The first-order valence-corrected chi connectivity index (χ1v) is 8.37. The zero-order chi connectivity index (χ0) is 15.2. The topological polar surface area (TPSA) is 29.9 Å². The van der Waals surface area contributed by atoms with Crippen LogP contribution in [0.5, 0.6) is 0 Å². The van der Waals surface area contributed by atoms with Gasteiger partial charge in [-0.25, -0.2) is 0 Å². The minimum absolute atomic E-state index is 0.327. The highest BCUT2D eigenvalue weighted by Gasteiger charge is 2.19. The van der Waals surface area contributed by atoms with Crippen molar-refractivity contribution in [3.8, 4) is 0 Å². The predicted octanol–water partition coefficient (Wildman–Crippen LogP) is 4.51. The fraction of sp³-hybridized carbons (Fsp3) is 0.471. The highest BCUT2D eigenvalue weighted by Crippen LogP contribution is 2.28. The molecule has 2 rings (SSSR count). The maximum atomic E-state index is 4.48. The molecule has 0 saturated heterocycles. The van der Waals surface area contributed by atoms with E-state index in [0.29, 0.717) is 12.1 Å². The number of hydrogen-bond acceptors (Lipinski definition) is 2. The summed E-state index contributed by atoms with van der Waals surface area (Å²) in [4.78, 5) is 0. The van der Waals surface area contributed by atoms with E-state index >= 15 is 0 Å². The van der Waals surface area contributed by atoms with Crippen molar-refractivity contribution in [3.63, 3.8) is 0 Å². The number of aryl methyl sites for hydroxylation is 1. The maximum absolute atomic E-state index is 4.48. The van der Waals surface area contributed by atoms with Gasteiger partial charge in [0, 0.05) is 6.04 Å². The highest BCUT2D eigenvalue weighted by atomic mass is 79.9. The van der Waals surface area contributed by atoms with E-state index in [0.717, 1.165) is 23.7 Å². The standard InChI is InChI=1S/C17H24BrN3/c1-13(2)21-17(15(18)12-20-21)16(19-3)11-7-10-14-8-5-4-6-9-14/h4-6,8-9,12-13,16,19H,7,10-11H2,1-3H3. The van der Waals surface area contributed by atoms with E-state index in [2.05, 4.69) is 75.2 Å².